The molecule has 6 atom stereocenters. The van der Waals surface area contributed by atoms with Gasteiger partial charge in [-0.2, -0.15) is 13.2 Å². The molecule has 3 saturated carbocycles. The number of pyridine rings is 2. The number of hydrogen-bond acceptors (Lipinski definition) is 12. The zero-order valence-electron chi connectivity index (χ0n) is 45.7. The predicted molar refractivity (Wildman–Crippen MR) is 280 cm³/mol. The normalized spacial score (nSPS) is 28.9. The van der Waals surface area contributed by atoms with Crippen LogP contribution in [-0.2, 0) is 62.1 Å². The molecule has 0 bridgehead atoms. The van der Waals surface area contributed by atoms with Crippen molar-refractivity contribution in [3.63, 3.8) is 0 Å². The topological polar surface area (TPSA) is 194 Å². The molecule has 0 spiro atoms. The van der Waals surface area contributed by atoms with Crippen molar-refractivity contribution in [2.45, 2.75) is 178 Å². The maximum absolute atomic E-state index is 14.6. The number of fused-ring (bicyclic) bond motifs is 1. The highest BCUT2D eigenvalue weighted by Gasteiger charge is 2.52. The van der Waals surface area contributed by atoms with Gasteiger partial charge in [-0.05, 0) is 119 Å². The van der Waals surface area contributed by atoms with E-state index in [0.717, 1.165) is 69.2 Å². The fraction of sp³-hybridized carbons (Fsp3) is 0.737. The molecule has 5 heterocycles. The maximum atomic E-state index is 14.6. The van der Waals surface area contributed by atoms with E-state index in [4.69, 9.17) is 18.9 Å². The summed E-state index contributed by atoms with van der Waals surface area (Å²) in [4.78, 5) is 80.7. The molecule has 0 aromatic carbocycles. The molecule has 2 saturated heterocycles. The number of amides is 5. The van der Waals surface area contributed by atoms with Crippen LogP contribution in [-0.4, -0.2) is 157 Å². The van der Waals surface area contributed by atoms with Gasteiger partial charge in [-0.25, -0.2) is 0 Å². The summed E-state index contributed by atoms with van der Waals surface area (Å²) in [6.45, 7) is 8.24. The SMILES string of the molecule is CO[C@@H]1COCC[C@@H]1N(CCCNC(=O)C1CCC(NC(=O)CCCOC2CCC(OCCNC(=O)[C@H]3CC(=O)N(C)C3c3cccnc3)CC2)CC1)[C@@H]1CC[C@@](C(=O)N2CCc3ncc(C(F)(F)F)cc3C2)(C(C)C)C1. The lowest BCUT2D eigenvalue weighted by Gasteiger charge is -2.44. The van der Waals surface area contributed by atoms with Crippen LogP contribution >= 0.6 is 0 Å². The van der Waals surface area contributed by atoms with Gasteiger partial charge < -0.3 is 44.7 Å². The summed E-state index contributed by atoms with van der Waals surface area (Å²) in [5.74, 6) is -0.752. The molecule has 1 unspecified atom stereocenters. The number of halogens is 3. The molecule has 2 aromatic heterocycles. The van der Waals surface area contributed by atoms with Crippen LogP contribution in [0.25, 0.3) is 0 Å². The van der Waals surface area contributed by atoms with E-state index in [1.807, 2.05) is 12.1 Å². The average Bonchev–Trinajstić information content (AvgIpc) is 4.05. The number of methoxy groups -OCH3 is 1. The second kappa shape index (κ2) is 26.9. The number of likely N-dealkylation sites (tertiary alicyclic amines) is 1. The Morgan fingerprint density at radius 2 is 1.68 bits per heavy atom. The molecule has 426 valence electrons. The second-order valence-corrected chi connectivity index (χ2v) is 22.8. The lowest BCUT2D eigenvalue weighted by Crippen LogP contribution is -2.54. The first-order chi connectivity index (χ1) is 37.0. The first-order valence-corrected chi connectivity index (χ1v) is 28.5. The molecule has 20 heteroatoms. The van der Waals surface area contributed by atoms with Crippen molar-refractivity contribution in [3.8, 4) is 0 Å². The average molecular weight is 1080 g/mol. The Bertz CT molecular complexity index is 2300. The molecule has 17 nitrogen and oxygen atoms in total. The van der Waals surface area contributed by atoms with Gasteiger partial charge in [0.15, 0.2) is 0 Å². The highest BCUT2D eigenvalue weighted by molar-refractivity contribution is 5.90. The van der Waals surface area contributed by atoms with Gasteiger partial charge in [-0.15, -0.1) is 0 Å². The van der Waals surface area contributed by atoms with E-state index in [2.05, 4.69) is 44.7 Å². The molecule has 6 aliphatic rings. The third-order valence-electron chi connectivity index (χ3n) is 17.8. The quantitative estimate of drug-likeness (QED) is 0.111. The first kappa shape index (κ1) is 58.4. The molecule has 5 amide bonds. The van der Waals surface area contributed by atoms with Crippen molar-refractivity contribution in [1.29, 1.82) is 0 Å². The Labute approximate surface area is 452 Å². The van der Waals surface area contributed by atoms with Crippen LogP contribution in [0.1, 0.15) is 145 Å². The minimum atomic E-state index is -4.51. The smallest absolute Gasteiger partial charge is 0.379 e. The van der Waals surface area contributed by atoms with Gasteiger partial charge in [-0.1, -0.05) is 19.9 Å². The summed E-state index contributed by atoms with van der Waals surface area (Å²) in [5, 5.41) is 9.36. The van der Waals surface area contributed by atoms with Crippen LogP contribution < -0.4 is 16.0 Å². The van der Waals surface area contributed by atoms with E-state index in [0.29, 0.717) is 115 Å². The van der Waals surface area contributed by atoms with Crippen molar-refractivity contribution >= 4 is 29.5 Å². The lowest BCUT2D eigenvalue weighted by molar-refractivity contribution is -0.146. The summed E-state index contributed by atoms with van der Waals surface area (Å²) in [7, 11) is 3.43. The lowest BCUT2D eigenvalue weighted by atomic mass is 9.73. The number of nitrogens with one attached hydrogen (secondary N) is 3. The number of alkyl halides is 3. The Hall–Kier alpha value is -4.76. The number of carbonyl (C=O) groups is 5. The minimum Gasteiger partial charge on any atom is -0.379 e. The molecule has 2 aromatic rings. The molecule has 0 radical (unpaired) electrons. The molecule has 3 N–H and O–H groups in total. The van der Waals surface area contributed by atoms with Crippen molar-refractivity contribution in [1.82, 2.24) is 40.6 Å². The summed E-state index contributed by atoms with van der Waals surface area (Å²) in [6, 6.07) is 4.69. The number of hydrogen-bond donors (Lipinski definition) is 3. The number of carbonyl (C=O) groups excluding carboxylic acids is 5. The first-order valence-electron chi connectivity index (χ1n) is 28.5. The molecule has 5 fully saturated rings. The Balaban J connectivity index is 0.699. The summed E-state index contributed by atoms with van der Waals surface area (Å²) in [6.07, 6.45) is 11.4. The van der Waals surface area contributed by atoms with Crippen LogP contribution in [0.15, 0.2) is 36.8 Å². The van der Waals surface area contributed by atoms with Gasteiger partial charge in [0, 0.05) is 128 Å². The Kier molecular flexibility index (Phi) is 20.4. The minimum absolute atomic E-state index is 0.00174. The number of nitrogens with zero attached hydrogens (tertiary/aromatic N) is 5. The zero-order chi connectivity index (χ0) is 54.7. The van der Waals surface area contributed by atoms with Crippen LogP contribution in [0.5, 0.6) is 0 Å². The van der Waals surface area contributed by atoms with Crippen LogP contribution in [0, 0.1) is 23.2 Å². The molecular formula is C57H83F3N8O9. The largest absolute Gasteiger partial charge is 0.417 e. The van der Waals surface area contributed by atoms with Gasteiger partial charge in [0.05, 0.1) is 54.5 Å². The predicted octanol–water partition coefficient (Wildman–Crippen LogP) is 6.32. The van der Waals surface area contributed by atoms with Crippen molar-refractivity contribution < 1.29 is 56.1 Å². The maximum Gasteiger partial charge on any atom is 0.417 e. The monoisotopic (exact) mass is 1080 g/mol. The Morgan fingerprint density at radius 3 is 2.38 bits per heavy atom. The second-order valence-electron chi connectivity index (χ2n) is 22.8. The fourth-order valence-electron chi connectivity index (χ4n) is 13.2. The zero-order valence-corrected chi connectivity index (χ0v) is 45.7. The highest BCUT2D eigenvalue weighted by Crippen LogP contribution is 2.49. The van der Waals surface area contributed by atoms with Gasteiger partial charge in [0.2, 0.25) is 29.5 Å². The summed E-state index contributed by atoms with van der Waals surface area (Å²) < 4.78 is 64.8. The number of aromatic nitrogens is 2. The van der Waals surface area contributed by atoms with E-state index in [1.165, 1.54) is 0 Å². The molecule has 8 rings (SSSR count). The third-order valence-corrected chi connectivity index (χ3v) is 17.8. The van der Waals surface area contributed by atoms with E-state index in [9.17, 15) is 37.1 Å². The summed E-state index contributed by atoms with van der Waals surface area (Å²) >= 11 is 0. The van der Waals surface area contributed by atoms with Gasteiger partial charge in [0.25, 0.3) is 0 Å². The number of rotatable bonds is 22. The van der Waals surface area contributed by atoms with E-state index >= 15 is 0 Å². The third kappa shape index (κ3) is 14.7. The summed E-state index contributed by atoms with van der Waals surface area (Å²) in [5.41, 5.74) is 0.450. The molecular weight excluding hydrogens is 998 g/mol. The number of ether oxygens (including phenoxy) is 4. The highest BCUT2D eigenvalue weighted by atomic mass is 19.4. The van der Waals surface area contributed by atoms with Crippen LogP contribution in [0.2, 0.25) is 0 Å². The molecule has 77 heavy (non-hydrogen) atoms. The van der Waals surface area contributed by atoms with E-state index in [1.54, 1.807) is 36.4 Å². The van der Waals surface area contributed by atoms with E-state index < -0.39 is 23.1 Å². The van der Waals surface area contributed by atoms with Crippen molar-refractivity contribution in [2.24, 2.45) is 23.2 Å². The molecule has 3 aliphatic carbocycles. The van der Waals surface area contributed by atoms with Crippen LogP contribution in [0.3, 0.4) is 0 Å². The van der Waals surface area contributed by atoms with E-state index in [-0.39, 0.29) is 96.8 Å². The van der Waals surface area contributed by atoms with Crippen LogP contribution in [0.4, 0.5) is 13.2 Å². The fourth-order valence-corrected chi connectivity index (χ4v) is 13.2. The van der Waals surface area contributed by atoms with Gasteiger partial charge in [0.1, 0.15) is 0 Å². The molecule has 3 aliphatic heterocycles. The Morgan fingerprint density at radius 1 is 0.935 bits per heavy atom. The van der Waals surface area contributed by atoms with Crippen molar-refractivity contribution in [2.75, 3.05) is 66.8 Å². The van der Waals surface area contributed by atoms with Gasteiger partial charge in [-0.3, -0.25) is 38.8 Å². The standard InChI is InChI=1S/C57H83F3N8O9/c1-37(2)56(55(73)67-26-19-47-40(35-67)30-41(34-64-47)57(58,59)60)21-18-43(32-56)68(48-20-28-75-36-49(48)74-4)25-7-23-62-53(71)38-10-12-42(13-11-38)65-50(69)9-6-27-76-44-14-16-45(17-15-44)77-29-24-63-54(72)46-31-51(70)66(3)52(46)39-8-5-22-61-33-39/h5,8,22,30,33-34,37-38,42-46,48-49,52H,6-7,9-21,23-29,31-32,35-36H2,1-4H3,(H,62,71)(H,63,72)(H,65,69)/t38?,42?,43-,44?,45?,46+,48+,49-,52?,56+/m1/s1. The van der Waals surface area contributed by atoms with Crippen molar-refractivity contribution in [3.05, 3.63) is 59.2 Å². The van der Waals surface area contributed by atoms with Gasteiger partial charge >= 0.3 is 6.18 Å².